The first-order valence-electron chi connectivity index (χ1n) is 6.95. The topological polar surface area (TPSA) is 68.3 Å². The molecule has 2 rings (SSSR count). The van der Waals surface area contributed by atoms with Crippen LogP contribution in [-0.2, 0) is 16.0 Å². The fourth-order valence-electron chi connectivity index (χ4n) is 2.02. The van der Waals surface area contributed by atoms with Gasteiger partial charge in [-0.25, -0.2) is 18.6 Å². The molecule has 0 amide bonds. The van der Waals surface area contributed by atoms with Gasteiger partial charge in [0.05, 0.1) is 18.7 Å². The van der Waals surface area contributed by atoms with E-state index in [4.69, 9.17) is 11.6 Å². The van der Waals surface area contributed by atoms with E-state index in [1.807, 2.05) is 0 Å². The zero-order valence-electron chi connectivity index (χ0n) is 12.9. The number of nitrogens with one attached hydrogen (secondary N) is 1. The van der Waals surface area contributed by atoms with Gasteiger partial charge < -0.3 is 10.1 Å². The molecule has 1 aromatic heterocycles. The summed E-state index contributed by atoms with van der Waals surface area (Å²) in [6, 6.07) is 3.27. The molecule has 0 aliphatic heterocycles. The molecule has 0 saturated carbocycles. The minimum Gasteiger partial charge on any atom is -0.465 e. The van der Waals surface area contributed by atoms with Gasteiger partial charge >= 0.3 is 5.97 Å². The number of carbonyl (C=O) groups is 2. The van der Waals surface area contributed by atoms with E-state index in [9.17, 15) is 18.4 Å². The molecular formula is C16H12BrClF2N2O3. The molecular weight excluding hydrogens is 422 g/mol. The molecule has 0 aliphatic rings. The summed E-state index contributed by atoms with van der Waals surface area (Å²) in [5.41, 5.74) is -0.0925. The quantitative estimate of drug-likeness (QED) is 0.555. The maximum absolute atomic E-state index is 13.7. The largest absolute Gasteiger partial charge is 0.465 e. The number of anilines is 1. The van der Waals surface area contributed by atoms with E-state index in [1.54, 1.807) is 0 Å². The first-order valence-corrected chi connectivity index (χ1v) is 8.12. The average Bonchev–Trinajstić information content (AvgIpc) is 2.60. The highest BCUT2D eigenvalue weighted by atomic mass is 79.9. The van der Waals surface area contributed by atoms with Crippen molar-refractivity contribution >= 4 is 45.1 Å². The molecule has 0 unspecified atom stereocenters. The first-order chi connectivity index (χ1) is 11.8. The second-order valence-electron chi connectivity index (χ2n) is 4.93. The zero-order chi connectivity index (χ0) is 18.6. The van der Waals surface area contributed by atoms with Crippen molar-refractivity contribution < 1.29 is 23.1 Å². The van der Waals surface area contributed by atoms with Gasteiger partial charge in [-0.1, -0.05) is 11.6 Å². The van der Waals surface area contributed by atoms with Crippen LogP contribution in [0.3, 0.4) is 0 Å². The van der Waals surface area contributed by atoms with E-state index in [-0.39, 0.29) is 23.5 Å². The number of methoxy groups -OCH3 is 1. The van der Waals surface area contributed by atoms with Crippen molar-refractivity contribution in [1.82, 2.24) is 4.98 Å². The monoisotopic (exact) mass is 432 g/mol. The molecule has 0 radical (unpaired) electrons. The second kappa shape index (κ2) is 8.35. The molecule has 0 atom stereocenters. The predicted octanol–water partition coefficient (Wildman–Crippen LogP) is 3.79. The number of carbonyl (C=O) groups excluding carboxylic acids is 2. The Morgan fingerprint density at radius 3 is 2.68 bits per heavy atom. The Bertz CT molecular complexity index is 833. The summed E-state index contributed by atoms with van der Waals surface area (Å²) in [7, 11) is 1.22. The Hall–Kier alpha value is -2.06. The lowest BCUT2D eigenvalue weighted by atomic mass is 10.1. The minimum atomic E-state index is -0.804. The van der Waals surface area contributed by atoms with Crippen molar-refractivity contribution in [2.45, 2.75) is 6.42 Å². The number of nitrogens with zero attached hydrogens (tertiary/aromatic N) is 1. The average molecular weight is 434 g/mol. The van der Waals surface area contributed by atoms with Crippen LogP contribution in [0.15, 0.2) is 28.9 Å². The van der Waals surface area contributed by atoms with Crippen LogP contribution in [0.4, 0.5) is 14.6 Å². The normalized spacial score (nSPS) is 10.4. The van der Waals surface area contributed by atoms with Crippen LogP contribution in [0.25, 0.3) is 0 Å². The van der Waals surface area contributed by atoms with Crippen LogP contribution in [0.2, 0.25) is 5.02 Å². The molecule has 0 aliphatic carbocycles. The first kappa shape index (κ1) is 19.3. The molecule has 0 bridgehead atoms. The molecule has 5 nitrogen and oxygen atoms in total. The highest BCUT2D eigenvalue weighted by Crippen LogP contribution is 2.24. The number of esters is 1. The summed E-state index contributed by atoms with van der Waals surface area (Å²) >= 11 is 8.88. The van der Waals surface area contributed by atoms with Crippen molar-refractivity contribution in [2.24, 2.45) is 0 Å². The van der Waals surface area contributed by atoms with Crippen LogP contribution < -0.4 is 5.32 Å². The third-order valence-electron chi connectivity index (χ3n) is 3.23. The van der Waals surface area contributed by atoms with Crippen LogP contribution in [0.5, 0.6) is 0 Å². The van der Waals surface area contributed by atoms with E-state index in [1.165, 1.54) is 19.4 Å². The summed E-state index contributed by atoms with van der Waals surface area (Å²) in [4.78, 5) is 27.8. The Morgan fingerprint density at radius 2 is 2.00 bits per heavy atom. The van der Waals surface area contributed by atoms with Crippen LogP contribution >= 0.6 is 27.5 Å². The number of rotatable bonds is 6. The number of ether oxygens (including phenoxy) is 1. The number of hydrogen-bond donors (Lipinski definition) is 1. The fourth-order valence-corrected chi connectivity index (χ4v) is 2.57. The van der Waals surface area contributed by atoms with Crippen molar-refractivity contribution in [3.05, 3.63) is 56.7 Å². The number of benzene rings is 1. The Kier molecular flexibility index (Phi) is 6.44. The number of Topliss-reactive ketones (excluding diaryl/α,β-unsaturated/α-hetero) is 1. The highest BCUT2D eigenvalue weighted by molar-refractivity contribution is 9.10. The lowest BCUT2D eigenvalue weighted by Gasteiger charge is -2.10. The Labute approximate surface area is 155 Å². The fraction of sp³-hybridized carbons (Fsp3) is 0.188. The maximum Gasteiger partial charge on any atom is 0.341 e. The molecule has 9 heteroatoms. The SMILES string of the molecule is COC(=O)c1cc(Br)cnc1NCC(=O)Cc1c(F)ccc(F)c1Cl. The Balaban J connectivity index is 2.11. The summed E-state index contributed by atoms with van der Waals surface area (Å²) in [6.07, 6.45) is 1.03. The predicted molar refractivity (Wildman–Crippen MR) is 91.8 cm³/mol. The molecule has 1 heterocycles. The number of ketones is 1. The van der Waals surface area contributed by atoms with Gasteiger partial charge in [-0.05, 0) is 34.1 Å². The van der Waals surface area contributed by atoms with Gasteiger partial charge in [-0.2, -0.15) is 0 Å². The zero-order valence-corrected chi connectivity index (χ0v) is 15.2. The van der Waals surface area contributed by atoms with Gasteiger partial charge in [0.15, 0.2) is 5.78 Å². The lowest BCUT2D eigenvalue weighted by molar-refractivity contribution is -0.116. The number of aromatic nitrogens is 1. The standard InChI is InChI=1S/C16H12BrClF2N2O3/c1-25-16(24)11-4-8(17)6-21-15(11)22-7-9(23)5-10-12(19)2-3-13(20)14(10)18/h2-4,6H,5,7H2,1H3,(H,21,22). The number of pyridine rings is 1. The maximum atomic E-state index is 13.7. The van der Waals surface area contributed by atoms with E-state index in [0.29, 0.717) is 4.47 Å². The smallest absolute Gasteiger partial charge is 0.341 e. The lowest BCUT2D eigenvalue weighted by Crippen LogP contribution is -2.19. The van der Waals surface area contributed by atoms with Gasteiger partial charge in [0, 0.05) is 22.7 Å². The number of hydrogen-bond acceptors (Lipinski definition) is 5. The van der Waals surface area contributed by atoms with Crippen LogP contribution in [0.1, 0.15) is 15.9 Å². The van der Waals surface area contributed by atoms with Crippen molar-refractivity contribution in [1.29, 1.82) is 0 Å². The third kappa shape index (κ3) is 4.73. The second-order valence-corrected chi connectivity index (χ2v) is 6.23. The molecule has 2 aromatic rings. The molecule has 0 fully saturated rings. The van der Waals surface area contributed by atoms with Gasteiger partial charge in [0.1, 0.15) is 23.0 Å². The molecule has 132 valence electrons. The molecule has 25 heavy (non-hydrogen) atoms. The van der Waals surface area contributed by atoms with Crippen molar-refractivity contribution in [3.8, 4) is 0 Å². The molecule has 0 saturated heterocycles. The van der Waals surface area contributed by atoms with E-state index < -0.39 is 34.8 Å². The van der Waals surface area contributed by atoms with Gasteiger partial charge in [0.25, 0.3) is 0 Å². The van der Waals surface area contributed by atoms with E-state index >= 15 is 0 Å². The van der Waals surface area contributed by atoms with Gasteiger partial charge in [-0.15, -0.1) is 0 Å². The number of halogens is 4. The summed E-state index contributed by atoms with van der Waals surface area (Å²) in [5, 5.41) is 2.26. The van der Waals surface area contributed by atoms with E-state index in [2.05, 4.69) is 31.0 Å². The highest BCUT2D eigenvalue weighted by Gasteiger charge is 2.18. The van der Waals surface area contributed by atoms with Crippen molar-refractivity contribution in [3.63, 3.8) is 0 Å². The summed E-state index contributed by atoms with van der Waals surface area (Å²) < 4.78 is 32.3. The Morgan fingerprint density at radius 1 is 1.32 bits per heavy atom. The van der Waals surface area contributed by atoms with Crippen LogP contribution in [0, 0.1) is 11.6 Å². The van der Waals surface area contributed by atoms with Crippen LogP contribution in [-0.4, -0.2) is 30.4 Å². The van der Waals surface area contributed by atoms with Crippen molar-refractivity contribution in [2.75, 3.05) is 19.0 Å². The van der Waals surface area contributed by atoms with Gasteiger partial charge in [-0.3, -0.25) is 4.79 Å². The van der Waals surface area contributed by atoms with Gasteiger partial charge in [0.2, 0.25) is 0 Å². The third-order valence-corrected chi connectivity index (χ3v) is 4.07. The molecule has 1 N–H and O–H groups in total. The minimum absolute atomic E-state index is 0.125. The molecule has 1 aromatic carbocycles. The van der Waals surface area contributed by atoms with E-state index in [0.717, 1.165) is 12.1 Å². The summed E-state index contributed by atoms with van der Waals surface area (Å²) in [5.74, 6) is -2.54. The summed E-state index contributed by atoms with van der Waals surface area (Å²) in [6.45, 7) is -0.259. The molecule has 0 spiro atoms.